The number of hydrogen-bond acceptors (Lipinski definition) is 3. The Morgan fingerprint density at radius 3 is 2.58 bits per heavy atom. The minimum atomic E-state index is -0.692. The summed E-state index contributed by atoms with van der Waals surface area (Å²) in [5, 5.41) is 5.76. The van der Waals surface area contributed by atoms with Crippen LogP contribution >= 0.6 is 0 Å². The summed E-state index contributed by atoms with van der Waals surface area (Å²) >= 11 is 0. The molecule has 3 amide bonds. The molecule has 33 heavy (non-hydrogen) atoms. The lowest BCUT2D eigenvalue weighted by Crippen LogP contribution is -2.41. The van der Waals surface area contributed by atoms with Crippen LogP contribution in [0.4, 0.5) is 11.4 Å². The summed E-state index contributed by atoms with van der Waals surface area (Å²) in [6.07, 6.45) is 5.79. The second-order valence-corrected chi connectivity index (χ2v) is 9.49. The lowest BCUT2D eigenvalue weighted by atomic mass is 9.76. The predicted molar refractivity (Wildman–Crippen MR) is 130 cm³/mol. The molecule has 1 saturated heterocycles. The van der Waals surface area contributed by atoms with Crippen molar-refractivity contribution in [1.29, 1.82) is 0 Å². The smallest absolute Gasteiger partial charge is 0.313 e. The fourth-order valence-corrected chi connectivity index (χ4v) is 5.24. The summed E-state index contributed by atoms with van der Waals surface area (Å²) in [5.41, 5.74) is 3.44. The molecule has 0 bridgehead atoms. The van der Waals surface area contributed by atoms with Crippen LogP contribution in [0, 0.1) is 18.8 Å². The zero-order valence-electron chi connectivity index (χ0n) is 19.5. The fourth-order valence-electron chi connectivity index (χ4n) is 5.24. The molecule has 0 radical (unpaired) electrons. The van der Waals surface area contributed by atoms with Crippen molar-refractivity contribution in [3.63, 3.8) is 0 Å². The van der Waals surface area contributed by atoms with Gasteiger partial charge in [0.2, 0.25) is 5.91 Å². The Morgan fingerprint density at radius 2 is 1.85 bits per heavy atom. The molecular weight excluding hydrogens is 414 g/mol. The number of anilines is 2. The molecular formula is C27H33N3O3. The van der Waals surface area contributed by atoms with Crippen LogP contribution in [0.2, 0.25) is 0 Å². The molecule has 4 rings (SSSR count). The maximum Gasteiger partial charge on any atom is 0.313 e. The highest BCUT2D eigenvalue weighted by molar-refractivity contribution is 6.39. The molecule has 0 spiro atoms. The molecule has 1 aliphatic heterocycles. The number of nitrogens with zero attached hydrogens (tertiary/aromatic N) is 1. The van der Waals surface area contributed by atoms with Crippen LogP contribution in [-0.2, 0) is 14.4 Å². The molecule has 3 atom stereocenters. The van der Waals surface area contributed by atoms with E-state index in [1.165, 1.54) is 6.42 Å². The number of benzene rings is 2. The molecule has 2 fully saturated rings. The molecule has 1 aliphatic carbocycles. The van der Waals surface area contributed by atoms with Gasteiger partial charge in [0.05, 0.1) is 6.04 Å². The first kappa shape index (κ1) is 23.0. The summed E-state index contributed by atoms with van der Waals surface area (Å²) in [4.78, 5) is 39.5. The zero-order valence-corrected chi connectivity index (χ0v) is 19.5. The van der Waals surface area contributed by atoms with Gasteiger partial charge in [0.25, 0.3) is 0 Å². The third kappa shape index (κ3) is 5.44. The summed E-state index contributed by atoms with van der Waals surface area (Å²) in [6.45, 7) is 4.98. The molecule has 1 heterocycles. The van der Waals surface area contributed by atoms with Crippen molar-refractivity contribution in [2.24, 2.45) is 11.8 Å². The van der Waals surface area contributed by atoms with Crippen molar-refractivity contribution in [2.75, 3.05) is 16.8 Å². The van der Waals surface area contributed by atoms with Gasteiger partial charge in [-0.1, -0.05) is 50.1 Å². The first-order chi connectivity index (χ1) is 15.9. The lowest BCUT2D eigenvalue weighted by Gasteiger charge is -2.34. The van der Waals surface area contributed by atoms with Crippen molar-refractivity contribution in [3.8, 4) is 0 Å². The van der Waals surface area contributed by atoms with Crippen molar-refractivity contribution < 1.29 is 14.4 Å². The summed E-state index contributed by atoms with van der Waals surface area (Å²) in [5.74, 6) is -0.335. The number of aryl methyl sites for hydroxylation is 1. The number of carbonyl (C=O) groups is 3. The largest absolute Gasteiger partial charge is 0.341 e. The maximum absolute atomic E-state index is 13.0. The van der Waals surface area contributed by atoms with Crippen LogP contribution in [0.1, 0.15) is 62.6 Å². The van der Waals surface area contributed by atoms with Gasteiger partial charge in [-0.3, -0.25) is 14.4 Å². The van der Waals surface area contributed by atoms with Crippen LogP contribution in [0.3, 0.4) is 0 Å². The number of amides is 3. The third-order valence-corrected chi connectivity index (χ3v) is 6.95. The number of carbonyl (C=O) groups excluding carboxylic acids is 3. The highest BCUT2D eigenvalue weighted by Gasteiger charge is 2.31. The number of rotatable bonds is 5. The van der Waals surface area contributed by atoms with Gasteiger partial charge >= 0.3 is 11.8 Å². The molecule has 0 unspecified atom stereocenters. The Kier molecular flexibility index (Phi) is 7.11. The van der Waals surface area contributed by atoms with E-state index in [2.05, 4.69) is 17.6 Å². The average molecular weight is 448 g/mol. The van der Waals surface area contributed by atoms with Crippen LogP contribution in [0.25, 0.3) is 0 Å². The zero-order chi connectivity index (χ0) is 23.4. The topological polar surface area (TPSA) is 78.5 Å². The molecule has 0 aromatic heterocycles. The third-order valence-electron chi connectivity index (χ3n) is 6.95. The van der Waals surface area contributed by atoms with Gasteiger partial charge in [-0.15, -0.1) is 0 Å². The van der Waals surface area contributed by atoms with Crippen LogP contribution in [0.15, 0.2) is 48.5 Å². The molecule has 2 aromatic carbocycles. The Balaban J connectivity index is 1.48. The van der Waals surface area contributed by atoms with E-state index >= 15 is 0 Å². The van der Waals surface area contributed by atoms with Gasteiger partial charge in [-0.05, 0) is 67.3 Å². The minimum Gasteiger partial charge on any atom is -0.341 e. The van der Waals surface area contributed by atoms with Gasteiger partial charge in [-0.2, -0.15) is 0 Å². The summed E-state index contributed by atoms with van der Waals surface area (Å²) in [6, 6.07) is 15.0. The van der Waals surface area contributed by atoms with Crippen molar-refractivity contribution in [3.05, 3.63) is 59.7 Å². The Hall–Kier alpha value is -3.15. The fraction of sp³-hybridized carbons (Fsp3) is 0.444. The molecule has 174 valence electrons. The molecule has 6 heteroatoms. The normalized spacial score (nSPS) is 21.5. The van der Waals surface area contributed by atoms with E-state index in [1.807, 2.05) is 37.3 Å². The highest BCUT2D eigenvalue weighted by atomic mass is 16.2. The van der Waals surface area contributed by atoms with E-state index in [9.17, 15) is 14.4 Å². The average Bonchev–Trinajstić information content (AvgIpc) is 3.24. The molecule has 6 nitrogen and oxygen atoms in total. The molecule has 1 saturated carbocycles. The second-order valence-electron chi connectivity index (χ2n) is 9.49. The van der Waals surface area contributed by atoms with Gasteiger partial charge in [0.1, 0.15) is 0 Å². The van der Waals surface area contributed by atoms with E-state index in [1.54, 1.807) is 23.1 Å². The van der Waals surface area contributed by atoms with E-state index in [4.69, 9.17) is 0 Å². The number of nitrogens with one attached hydrogen (secondary N) is 2. The van der Waals surface area contributed by atoms with E-state index < -0.39 is 11.8 Å². The lowest BCUT2D eigenvalue weighted by molar-refractivity contribution is -0.137. The first-order valence-corrected chi connectivity index (χ1v) is 12.0. The van der Waals surface area contributed by atoms with E-state index in [0.29, 0.717) is 30.5 Å². The van der Waals surface area contributed by atoms with Crippen molar-refractivity contribution in [1.82, 2.24) is 5.32 Å². The first-order valence-electron chi connectivity index (χ1n) is 12.0. The standard InChI is InChI=1S/C27H33N3O3/c1-18-8-5-10-20(16-18)25(23-13-4-3-9-19(23)2)29-27(33)26(32)28-21-11-6-12-22(17-21)30-15-7-14-24(30)31/h3-4,6,9,11-13,17-18,20,25H,5,7-8,10,14-16H2,1-2H3,(H,28,32)(H,29,33)/t18-,20+,25+/m0/s1. The van der Waals surface area contributed by atoms with Crippen LogP contribution < -0.4 is 15.5 Å². The molecule has 2 aromatic rings. The summed E-state index contributed by atoms with van der Waals surface area (Å²) in [7, 11) is 0. The quantitative estimate of drug-likeness (QED) is 0.650. The van der Waals surface area contributed by atoms with Gasteiger partial charge in [-0.25, -0.2) is 0 Å². The minimum absolute atomic E-state index is 0.0824. The monoisotopic (exact) mass is 447 g/mol. The van der Waals surface area contributed by atoms with Gasteiger partial charge in [0.15, 0.2) is 0 Å². The Morgan fingerprint density at radius 1 is 1.03 bits per heavy atom. The Labute approximate surface area is 195 Å². The number of hydrogen-bond donors (Lipinski definition) is 2. The van der Waals surface area contributed by atoms with Gasteiger partial charge < -0.3 is 15.5 Å². The Bertz CT molecular complexity index is 1030. The van der Waals surface area contributed by atoms with Crippen molar-refractivity contribution in [2.45, 2.75) is 58.4 Å². The maximum atomic E-state index is 13.0. The van der Waals surface area contributed by atoms with E-state index in [-0.39, 0.29) is 11.9 Å². The van der Waals surface area contributed by atoms with Crippen LogP contribution in [0.5, 0.6) is 0 Å². The molecule has 2 N–H and O–H groups in total. The van der Waals surface area contributed by atoms with Gasteiger partial charge in [0, 0.05) is 24.3 Å². The summed E-state index contributed by atoms with van der Waals surface area (Å²) < 4.78 is 0. The second kappa shape index (κ2) is 10.2. The predicted octanol–water partition coefficient (Wildman–Crippen LogP) is 4.74. The van der Waals surface area contributed by atoms with Crippen LogP contribution in [-0.4, -0.2) is 24.3 Å². The highest BCUT2D eigenvalue weighted by Crippen LogP contribution is 2.38. The van der Waals surface area contributed by atoms with Crippen molar-refractivity contribution >= 4 is 29.1 Å². The SMILES string of the molecule is Cc1ccccc1[C@H](NC(=O)C(=O)Nc1cccc(N2CCCC2=O)c1)[C@@H]1CCC[C@H](C)C1. The molecule has 2 aliphatic rings. The van der Waals surface area contributed by atoms with E-state index in [0.717, 1.165) is 42.5 Å².